The first kappa shape index (κ1) is 29.1. The number of nitrogens with one attached hydrogen (secondary N) is 1. The van der Waals surface area contributed by atoms with Crippen molar-refractivity contribution in [3.05, 3.63) is 94.8 Å². The topological polar surface area (TPSA) is 86.8 Å². The molecule has 0 bridgehead atoms. The minimum Gasteiger partial charge on any atom is -0.354 e. The van der Waals surface area contributed by atoms with Crippen molar-refractivity contribution in [2.45, 2.75) is 44.7 Å². The van der Waals surface area contributed by atoms with Gasteiger partial charge in [0, 0.05) is 18.1 Å². The maximum Gasteiger partial charge on any atom is 0.264 e. The van der Waals surface area contributed by atoms with Crippen LogP contribution in [0, 0.1) is 12.7 Å². The number of anilines is 1. The van der Waals surface area contributed by atoms with Crippen LogP contribution in [0.25, 0.3) is 0 Å². The highest BCUT2D eigenvalue weighted by Crippen LogP contribution is 2.26. The molecular formula is C28H31ClFN3O4S. The molecular weight excluding hydrogens is 529 g/mol. The summed E-state index contributed by atoms with van der Waals surface area (Å²) in [4.78, 5) is 27.9. The maximum atomic E-state index is 13.8. The van der Waals surface area contributed by atoms with E-state index in [9.17, 15) is 22.4 Å². The van der Waals surface area contributed by atoms with Crippen LogP contribution in [0.5, 0.6) is 0 Å². The molecule has 0 aliphatic rings. The lowest BCUT2D eigenvalue weighted by molar-refractivity contribution is -0.139. The fourth-order valence-corrected chi connectivity index (χ4v) is 5.37. The highest BCUT2D eigenvalue weighted by atomic mass is 35.5. The molecule has 2 amide bonds. The first-order valence-corrected chi connectivity index (χ1v) is 14.0. The summed E-state index contributed by atoms with van der Waals surface area (Å²) in [7, 11) is -4.22. The van der Waals surface area contributed by atoms with Gasteiger partial charge in [0.1, 0.15) is 18.4 Å². The predicted molar refractivity (Wildman–Crippen MR) is 147 cm³/mol. The third-order valence-electron chi connectivity index (χ3n) is 6.02. The Bertz CT molecular complexity index is 1370. The number of carbonyl (C=O) groups is 2. The molecule has 7 nitrogen and oxygen atoms in total. The van der Waals surface area contributed by atoms with Crippen molar-refractivity contribution in [2.75, 3.05) is 17.4 Å². The Morgan fingerprint density at radius 3 is 2.24 bits per heavy atom. The van der Waals surface area contributed by atoms with Gasteiger partial charge in [-0.3, -0.25) is 13.9 Å². The number of sulfonamides is 1. The first-order chi connectivity index (χ1) is 18.0. The Morgan fingerprint density at radius 2 is 1.63 bits per heavy atom. The molecule has 0 aromatic heterocycles. The van der Waals surface area contributed by atoms with E-state index in [0.717, 1.165) is 22.0 Å². The van der Waals surface area contributed by atoms with Crippen molar-refractivity contribution in [3.8, 4) is 0 Å². The van der Waals surface area contributed by atoms with Crippen molar-refractivity contribution >= 4 is 39.1 Å². The molecule has 3 rings (SSSR count). The monoisotopic (exact) mass is 559 g/mol. The van der Waals surface area contributed by atoms with E-state index in [1.54, 1.807) is 43.3 Å². The van der Waals surface area contributed by atoms with Gasteiger partial charge in [-0.1, -0.05) is 54.4 Å². The van der Waals surface area contributed by atoms with E-state index in [1.165, 1.54) is 29.2 Å². The summed E-state index contributed by atoms with van der Waals surface area (Å²) in [6.45, 7) is 5.12. The molecule has 0 aliphatic carbocycles. The Kier molecular flexibility index (Phi) is 9.88. The molecule has 0 unspecified atom stereocenters. The van der Waals surface area contributed by atoms with Gasteiger partial charge < -0.3 is 10.2 Å². The lowest BCUT2D eigenvalue weighted by atomic mass is 10.1. The molecule has 202 valence electrons. The van der Waals surface area contributed by atoms with Gasteiger partial charge in [0.05, 0.1) is 10.6 Å². The lowest BCUT2D eigenvalue weighted by Crippen LogP contribution is -2.51. The minimum absolute atomic E-state index is 0.0128. The third-order valence-corrected chi connectivity index (χ3v) is 8.17. The number of carbonyl (C=O) groups excluding carboxylic acids is 2. The van der Waals surface area contributed by atoms with Crippen LogP contribution >= 0.6 is 11.6 Å². The van der Waals surface area contributed by atoms with Gasteiger partial charge in [-0.05, 0) is 68.3 Å². The zero-order chi connectivity index (χ0) is 27.9. The molecule has 0 heterocycles. The van der Waals surface area contributed by atoms with Crippen LogP contribution in [0.15, 0.2) is 77.7 Å². The van der Waals surface area contributed by atoms with Crippen LogP contribution < -0.4 is 9.62 Å². The zero-order valence-electron chi connectivity index (χ0n) is 21.5. The van der Waals surface area contributed by atoms with Gasteiger partial charge in [0.15, 0.2) is 0 Å². The number of nitrogens with zero attached hydrogens (tertiary/aromatic N) is 2. The summed E-state index contributed by atoms with van der Waals surface area (Å²) in [5, 5.41) is 3.19. The number of halogens is 2. The third kappa shape index (κ3) is 7.11. The molecule has 0 radical (unpaired) electrons. The molecule has 0 spiro atoms. The molecule has 0 fully saturated rings. The van der Waals surface area contributed by atoms with Gasteiger partial charge in [0.2, 0.25) is 11.8 Å². The Balaban J connectivity index is 2.02. The number of aryl methyl sites for hydroxylation is 1. The van der Waals surface area contributed by atoms with E-state index < -0.39 is 34.3 Å². The van der Waals surface area contributed by atoms with Crippen LogP contribution in [0.2, 0.25) is 5.02 Å². The molecule has 0 aliphatic heterocycles. The van der Waals surface area contributed by atoms with Crippen molar-refractivity contribution in [2.24, 2.45) is 0 Å². The van der Waals surface area contributed by atoms with Crippen LogP contribution in [0.4, 0.5) is 10.1 Å². The quantitative estimate of drug-likeness (QED) is 0.361. The summed E-state index contributed by atoms with van der Waals surface area (Å²) in [6, 6.07) is 17.1. The summed E-state index contributed by atoms with van der Waals surface area (Å²) >= 11 is 6.34. The van der Waals surface area contributed by atoms with Gasteiger partial charge in [-0.15, -0.1) is 0 Å². The summed E-state index contributed by atoms with van der Waals surface area (Å²) < 4.78 is 42.0. The standard InChI is InChI=1S/C28H31ClFN3O4S/c1-4-17-31-28(35)21(3)32(18-22-7-5-6-8-26(22)29)27(34)19-33(24-13-11-23(30)12-14-24)38(36,37)25-15-9-20(2)10-16-25/h5-16,21H,4,17-19H2,1-3H3,(H,31,35)/t21-/m0/s1. The van der Waals surface area contributed by atoms with E-state index in [-0.39, 0.29) is 23.0 Å². The van der Waals surface area contributed by atoms with Crippen molar-refractivity contribution in [1.29, 1.82) is 0 Å². The van der Waals surface area contributed by atoms with E-state index in [1.807, 2.05) is 13.8 Å². The second kappa shape index (κ2) is 12.9. The molecule has 10 heteroatoms. The Morgan fingerprint density at radius 1 is 1.00 bits per heavy atom. The number of benzene rings is 3. The average molecular weight is 560 g/mol. The number of hydrogen-bond donors (Lipinski definition) is 1. The van der Waals surface area contributed by atoms with Gasteiger partial charge >= 0.3 is 0 Å². The molecule has 0 saturated carbocycles. The Hall–Kier alpha value is -3.43. The number of rotatable bonds is 11. The maximum absolute atomic E-state index is 13.8. The molecule has 38 heavy (non-hydrogen) atoms. The second-order valence-corrected chi connectivity index (χ2v) is 11.2. The van der Waals surface area contributed by atoms with Gasteiger partial charge in [-0.2, -0.15) is 0 Å². The fraction of sp³-hybridized carbons (Fsp3) is 0.286. The minimum atomic E-state index is -4.22. The summed E-state index contributed by atoms with van der Waals surface area (Å²) in [6.07, 6.45) is 0.712. The van der Waals surface area contributed by atoms with Crippen LogP contribution in [-0.4, -0.2) is 44.3 Å². The second-order valence-electron chi connectivity index (χ2n) is 8.88. The lowest BCUT2D eigenvalue weighted by Gasteiger charge is -2.32. The van der Waals surface area contributed by atoms with E-state index in [4.69, 9.17) is 11.6 Å². The van der Waals surface area contributed by atoms with Gasteiger partial charge in [0.25, 0.3) is 10.0 Å². The highest BCUT2D eigenvalue weighted by Gasteiger charge is 2.32. The predicted octanol–water partition coefficient (Wildman–Crippen LogP) is 4.93. The highest BCUT2D eigenvalue weighted by molar-refractivity contribution is 7.92. The van der Waals surface area contributed by atoms with Crippen LogP contribution in [0.1, 0.15) is 31.4 Å². The molecule has 3 aromatic rings. The number of hydrogen-bond acceptors (Lipinski definition) is 4. The summed E-state index contributed by atoms with van der Waals surface area (Å²) in [5.74, 6) is -1.54. The van der Waals surface area contributed by atoms with E-state index >= 15 is 0 Å². The molecule has 1 atom stereocenters. The van der Waals surface area contributed by atoms with Crippen LogP contribution in [-0.2, 0) is 26.2 Å². The zero-order valence-corrected chi connectivity index (χ0v) is 23.1. The fourth-order valence-electron chi connectivity index (χ4n) is 3.76. The molecule has 3 aromatic carbocycles. The van der Waals surface area contributed by atoms with E-state index in [2.05, 4.69) is 5.32 Å². The SMILES string of the molecule is CCCNC(=O)[C@H](C)N(Cc1ccccc1Cl)C(=O)CN(c1ccc(F)cc1)S(=O)(=O)c1ccc(C)cc1. The largest absolute Gasteiger partial charge is 0.354 e. The number of amides is 2. The normalized spacial score (nSPS) is 12.0. The Labute approximate surface area is 228 Å². The first-order valence-electron chi connectivity index (χ1n) is 12.2. The molecule has 1 N–H and O–H groups in total. The van der Waals surface area contributed by atoms with Crippen molar-refractivity contribution in [3.63, 3.8) is 0 Å². The van der Waals surface area contributed by atoms with Crippen LogP contribution in [0.3, 0.4) is 0 Å². The van der Waals surface area contributed by atoms with Crippen molar-refractivity contribution in [1.82, 2.24) is 10.2 Å². The smallest absolute Gasteiger partial charge is 0.264 e. The van der Waals surface area contributed by atoms with Crippen molar-refractivity contribution < 1.29 is 22.4 Å². The van der Waals surface area contributed by atoms with Gasteiger partial charge in [-0.25, -0.2) is 12.8 Å². The van der Waals surface area contributed by atoms with E-state index in [0.29, 0.717) is 23.6 Å². The summed E-state index contributed by atoms with van der Waals surface area (Å²) in [5.41, 5.74) is 1.58. The molecule has 0 saturated heterocycles. The average Bonchev–Trinajstić information content (AvgIpc) is 2.90.